The molecule has 116 valence electrons. The Kier molecular flexibility index (Phi) is 4.34. The summed E-state index contributed by atoms with van der Waals surface area (Å²) in [6, 6.07) is 2.00. The van der Waals surface area contributed by atoms with Gasteiger partial charge >= 0.3 is 0 Å². The van der Waals surface area contributed by atoms with Gasteiger partial charge in [-0.05, 0) is 33.3 Å². The Morgan fingerprint density at radius 3 is 2.71 bits per heavy atom. The number of carbonyl (C=O) groups is 2. The first-order valence-corrected chi connectivity index (χ1v) is 7.53. The van der Waals surface area contributed by atoms with Crippen molar-refractivity contribution in [3.63, 3.8) is 0 Å². The topological polar surface area (TPSA) is 67.2 Å². The number of amides is 2. The van der Waals surface area contributed by atoms with Gasteiger partial charge in [0.2, 0.25) is 11.8 Å². The molecule has 1 unspecified atom stereocenters. The van der Waals surface area contributed by atoms with Crippen LogP contribution in [0.3, 0.4) is 0 Å². The average Bonchev–Trinajstić information content (AvgIpc) is 2.77. The van der Waals surface area contributed by atoms with Gasteiger partial charge in [0, 0.05) is 19.5 Å². The Labute approximate surface area is 125 Å². The van der Waals surface area contributed by atoms with Crippen molar-refractivity contribution in [2.75, 3.05) is 6.54 Å². The van der Waals surface area contributed by atoms with Crippen molar-refractivity contribution < 1.29 is 9.59 Å². The second kappa shape index (κ2) is 5.87. The highest BCUT2D eigenvalue weighted by Gasteiger charge is 2.39. The fourth-order valence-corrected chi connectivity index (χ4v) is 2.70. The van der Waals surface area contributed by atoms with Crippen LogP contribution in [0, 0.1) is 6.92 Å². The van der Waals surface area contributed by atoms with Crippen molar-refractivity contribution in [1.29, 1.82) is 0 Å². The second-order valence-corrected chi connectivity index (χ2v) is 5.80. The molecule has 2 heterocycles. The molecule has 0 spiro atoms. The molecule has 0 aromatic carbocycles. The summed E-state index contributed by atoms with van der Waals surface area (Å²) in [6.07, 6.45) is 0.931. The molecule has 1 atom stereocenters. The van der Waals surface area contributed by atoms with Crippen LogP contribution in [0.2, 0.25) is 0 Å². The molecule has 0 bridgehead atoms. The van der Waals surface area contributed by atoms with Crippen LogP contribution in [-0.4, -0.2) is 38.6 Å². The molecule has 6 heteroatoms. The number of hydrogen-bond acceptors (Lipinski definition) is 3. The number of aryl methyl sites for hydroxylation is 2. The molecule has 1 saturated heterocycles. The second-order valence-electron chi connectivity index (χ2n) is 5.80. The summed E-state index contributed by atoms with van der Waals surface area (Å²) in [5, 5.41) is 7.26. The molecule has 0 aliphatic carbocycles. The molecule has 1 aliphatic heterocycles. The summed E-state index contributed by atoms with van der Waals surface area (Å²) in [7, 11) is 0. The van der Waals surface area contributed by atoms with Gasteiger partial charge in [0.25, 0.3) is 0 Å². The predicted molar refractivity (Wildman–Crippen MR) is 79.5 cm³/mol. The zero-order chi connectivity index (χ0) is 15.6. The van der Waals surface area contributed by atoms with Gasteiger partial charge in [-0.2, -0.15) is 5.10 Å². The minimum atomic E-state index is -0.806. The van der Waals surface area contributed by atoms with Crippen LogP contribution in [0.25, 0.3) is 0 Å². The van der Waals surface area contributed by atoms with Crippen LogP contribution >= 0.6 is 0 Å². The van der Waals surface area contributed by atoms with Crippen LogP contribution < -0.4 is 5.32 Å². The smallest absolute Gasteiger partial charge is 0.248 e. The van der Waals surface area contributed by atoms with Gasteiger partial charge in [0.1, 0.15) is 5.54 Å². The molecule has 1 aliphatic rings. The number of nitrogens with zero attached hydrogens (tertiary/aromatic N) is 3. The van der Waals surface area contributed by atoms with Crippen molar-refractivity contribution >= 4 is 11.8 Å². The van der Waals surface area contributed by atoms with E-state index in [1.165, 1.54) is 0 Å². The summed E-state index contributed by atoms with van der Waals surface area (Å²) in [5.41, 5.74) is 1.15. The molecular weight excluding hydrogens is 268 g/mol. The van der Waals surface area contributed by atoms with E-state index in [2.05, 4.69) is 10.4 Å². The van der Waals surface area contributed by atoms with Gasteiger partial charge in [0.15, 0.2) is 0 Å². The third kappa shape index (κ3) is 3.09. The normalized spacial score (nSPS) is 23.1. The van der Waals surface area contributed by atoms with E-state index in [0.717, 1.165) is 17.9 Å². The Bertz CT molecular complexity index is 552. The van der Waals surface area contributed by atoms with Gasteiger partial charge in [0.05, 0.1) is 17.9 Å². The van der Waals surface area contributed by atoms with E-state index >= 15 is 0 Å². The third-order valence-corrected chi connectivity index (χ3v) is 4.13. The van der Waals surface area contributed by atoms with Crippen LogP contribution in [0.1, 0.15) is 45.0 Å². The van der Waals surface area contributed by atoms with Crippen LogP contribution in [-0.2, 0) is 22.7 Å². The highest BCUT2D eigenvalue weighted by Crippen LogP contribution is 2.20. The molecule has 1 fully saturated rings. The fraction of sp³-hybridized carbons (Fsp3) is 0.667. The standard InChI is InChI=1S/C15H24N4O2/c1-5-15(4)14(21)18(8-7-13(20)16-15)10-12-9-11(3)17-19(12)6-2/h9H,5-8,10H2,1-4H3,(H,16,20). The third-order valence-electron chi connectivity index (χ3n) is 4.13. The Morgan fingerprint density at radius 2 is 2.10 bits per heavy atom. The number of aromatic nitrogens is 2. The van der Waals surface area contributed by atoms with Gasteiger partial charge in [-0.3, -0.25) is 14.3 Å². The number of nitrogens with one attached hydrogen (secondary N) is 1. The molecule has 0 saturated carbocycles. The largest absolute Gasteiger partial charge is 0.342 e. The first kappa shape index (κ1) is 15.5. The van der Waals surface area contributed by atoms with E-state index in [1.54, 1.807) is 11.8 Å². The first-order valence-electron chi connectivity index (χ1n) is 7.53. The highest BCUT2D eigenvalue weighted by atomic mass is 16.2. The van der Waals surface area contributed by atoms with E-state index < -0.39 is 5.54 Å². The van der Waals surface area contributed by atoms with Crippen LogP contribution in [0.4, 0.5) is 0 Å². The molecule has 1 N–H and O–H groups in total. The van der Waals surface area contributed by atoms with E-state index in [1.807, 2.05) is 31.5 Å². The molecule has 21 heavy (non-hydrogen) atoms. The molecule has 0 radical (unpaired) electrons. The molecule has 1 aromatic heterocycles. The van der Waals surface area contributed by atoms with Crippen LogP contribution in [0.15, 0.2) is 6.07 Å². The lowest BCUT2D eigenvalue weighted by Gasteiger charge is -2.31. The van der Waals surface area contributed by atoms with Crippen molar-refractivity contribution in [2.24, 2.45) is 0 Å². The average molecular weight is 292 g/mol. The van der Waals surface area contributed by atoms with Crippen molar-refractivity contribution in [2.45, 2.75) is 59.2 Å². The Balaban J connectivity index is 2.25. The molecule has 1 aromatic rings. The maximum absolute atomic E-state index is 12.7. The van der Waals surface area contributed by atoms with Crippen LogP contribution in [0.5, 0.6) is 0 Å². The Morgan fingerprint density at radius 1 is 1.38 bits per heavy atom. The summed E-state index contributed by atoms with van der Waals surface area (Å²) in [5.74, 6) is -0.0762. The van der Waals surface area contributed by atoms with Gasteiger partial charge < -0.3 is 10.2 Å². The number of carbonyl (C=O) groups excluding carboxylic acids is 2. The van der Waals surface area contributed by atoms with Crippen molar-refractivity contribution in [3.05, 3.63) is 17.5 Å². The first-order chi connectivity index (χ1) is 9.89. The lowest BCUT2D eigenvalue weighted by Crippen LogP contribution is -2.54. The molecule has 2 rings (SSSR count). The van der Waals surface area contributed by atoms with E-state index in [0.29, 0.717) is 25.9 Å². The fourth-order valence-electron chi connectivity index (χ4n) is 2.70. The van der Waals surface area contributed by atoms with Crippen molar-refractivity contribution in [1.82, 2.24) is 20.0 Å². The number of rotatable bonds is 4. The van der Waals surface area contributed by atoms with Crippen molar-refractivity contribution in [3.8, 4) is 0 Å². The summed E-state index contributed by atoms with van der Waals surface area (Å²) in [4.78, 5) is 26.3. The lowest BCUT2D eigenvalue weighted by atomic mass is 9.97. The van der Waals surface area contributed by atoms with Gasteiger partial charge in [-0.25, -0.2) is 0 Å². The predicted octanol–water partition coefficient (Wildman–Crippen LogP) is 1.23. The molecule has 2 amide bonds. The highest BCUT2D eigenvalue weighted by molar-refractivity contribution is 5.93. The minimum absolute atomic E-state index is 0.0163. The van der Waals surface area contributed by atoms with E-state index in [9.17, 15) is 9.59 Å². The maximum Gasteiger partial charge on any atom is 0.248 e. The number of hydrogen-bond donors (Lipinski definition) is 1. The van der Waals surface area contributed by atoms with E-state index in [-0.39, 0.29) is 11.8 Å². The summed E-state index contributed by atoms with van der Waals surface area (Å²) >= 11 is 0. The zero-order valence-electron chi connectivity index (χ0n) is 13.3. The lowest BCUT2D eigenvalue weighted by molar-refractivity contribution is -0.138. The monoisotopic (exact) mass is 292 g/mol. The SMILES string of the molecule is CCn1nc(C)cc1CN1CCC(=O)NC(C)(CC)C1=O. The Hall–Kier alpha value is -1.85. The quantitative estimate of drug-likeness (QED) is 0.907. The van der Waals surface area contributed by atoms with E-state index in [4.69, 9.17) is 0 Å². The zero-order valence-corrected chi connectivity index (χ0v) is 13.3. The van der Waals surface area contributed by atoms with Gasteiger partial charge in [-0.15, -0.1) is 0 Å². The molecule has 6 nitrogen and oxygen atoms in total. The van der Waals surface area contributed by atoms with Gasteiger partial charge in [-0.1, -0.05) is 6.92 Å². The summed E-state index contributed by atoms with van der Waals surface area (Å²) in [6.45, 7) is 9.41. The summed E-state index contributed by atoms with van der Waals surface area (Å²) < 4.78 is 1.91. The molecular formula is C15H24N4O2. The minimum Gasteiger partial charge on any atom is -0.342 e. The maximum atomic E-state index is 12.7.